The maximum atomic E-state index is 12.6. The number of para-hydroxylation sites is 1. The molecular formula is C23H20ClN5OS. The molecule has 156 valence electrons. The van der Waals surface area contributed by atoms with Gasteiger partial charge in [-0.2, -0.15) is 0 Å². The summed E-state index contributed by atoms with van der Waals surface area (Å²) in [5.74, 6) is 0.746. The number of amides is 1. The molecule has 0 aliphatic rings. The molecule has 0 bridgehead atoms. The van der Waals surface area contributed by atoms with E-state index >= 15 is 0 Å². The summed E-state index contributed by atoms with van der Waals surface area (Å²) < 4.78 is 1.91. The fourth-order valence-corrected chi connectivity index (χ4v) is 4.06. The number of anilines is 1. The van der Waals surface area contributed by atoms with Gasteiger partial charge < -0.3 is 5.32 Å². The van der Waals surface area contributed by atoms with Gasteiger partial charge in [0.25, 0.3) is 0 Å². The second kappa shape index (κ2) is 9.32. The molecule has 0 saturated heterocycles. The molecule has 0 aliphatic carbocycles. The van der Waals surface area contributed by atoms with E-state index in [-0.39, 0.29) is 11.7 Å². The summed E-state index contributed by atoms with van der Waals surface area (Å²) in [5, 5.41) is 13.0. The van der Waals surface area contributed by atoms with E-state index in [1.807, 2.05) is 73.0 Å². The lowest BCUT2D eigenvalue weighted by molar-refractivity contribution is -0.113. The van der Waals surface area contributed by atoms with Crippen molar-refractivity contribution >= 4 is 35.0 Å². The number of thioether (sulfide) groups is 1. The van der Waals surface area contributed by atoms with Crippen LogP contribution in [0.1, 0.15) is 11.1 Å². The third-order valence-corrected chi connectivity index (χ3v) is 5.90. The smallest absolute Gasteiger partial charge is 0.234 e. The first-order valence-corrected chi connectivity index (χ1v) is 11.0. The van der Waals surface area contributed by atoms with Crippen LogP contribution in [0.3, 0.4) is 0 Å². The molecule has 0 saturated carbocycles. The Hall–Kier alpha value is -3.16. The van der Waals surface area contributed by atoms with Crippen LogP contribution in [-0.4, -0.2) is 31.4 Å². The Kier molecular flexibility index (Phi) is 6.34. The van der Waals surface area contributed by atoms with Gasteiger partial charge in [0.05, 0.1) is 5.75 Å². The van der Waals surface area contributed by atoms with Gasteiger partial charge in [0, 0.05) is 34.4 Å². The largest absolute Gasteiger partial charge is 0.325 e. The van der Waals surface area contributed by atoms with Crippen molar-refractivity contribution in [3.63, 3.8) is 0 Å². The van der Waals surface area contributed by atoms with E-state index < -0.39 is 0 Å². The standard InChI is InChI=1S/C23H20ClN5OS/c1-15-5-3-6-16(2)21(15)26-20(30)14-31-23-28-27-22(17-7-4-12-25-13-17)29(23)19-10-8-18(24)9-11-19/h3-13H,14H2,1-2H3,(H,26,30). The number of benzene rings is 2. The van der Waals surface area contributed by atoms with Crippen molar-refractivity contribution in [3.8, 4) is 17.1 Å². The summed E-state index contributed by atoms with van der Waals surface area (Å²) in [6.07, 6.45) is 3.44. The van der Waals surface area contributed by atoms with Gasteiger partial charge in [0.15, 0.2) is 11.0 Å². The molecule has 0 radical (unpaired) electrons. The minimum atomic E-state index is -0.101. The van der Waals surface area contributed by atoms with Gasteiger partial charge in [0.2, 0.25) is 5.91 Å². The van der Waals surface area contributed by atoms with E-state index in [1.54, 1.807) is 12.4 Å². The van der Waals surface area contributed by atoms with Crippen LogP contribution in [0.15, 0.2) is 72.1 Å². The van der Waals surface area contributed by atoms with Crippen LogP contribution in [0.5, 0.6) is 0 Å². The average molecular weight is 450 g/mol. The molecule has 4 aromatic rings. The summed E-state index contributed by atoms with van der Waals surface area (Å²) in [6, 6.07) is 17.1. The van der Waals surface area contributed by atoms with Crippen molar-refractivity contribution in [1.29, 1.82) is 0 Å². The first kappa shape index (κ1) is 21.1. The number of aromatic nitrogens is 4. The average Bonchev–Trinajstić information content (AvgIpc) is 3.20. The van der Waals surface area contributed by atoms with Gasteiger partial charge in [-0.05, 0) is 61.4 Å². The molecule has 4 rings (SSSR count). The zero-order chi connectivity index (χ0) is 21.8. The number of hydrogen-bond donors (Lipinski definition) is 1. The monoisotopic (exact) mass is 449 g/mol. The van der Waals surface area contributed by atoms with Crippen LogP contribution in [-0.2, 0) is 4.79 Å². The summed E-state index contributed by atoms with van der Waals surface area (Å²) in [7, 11) is 0. The van der Waals surface area contributed by atoms with Crippen LogP contribution in [0, 0.1) is 13.8 Å². The molecule has 31 heavy (non-hydrogen) atoms. The summed E-state index contributed by atoms with van der Waals surface area (Å²) in [6.45, 7) is 3.96. The highest BCUT2D eigenvalue weighted by Gasteiger charge is 2.18. The van der Waals surface area contributed by atoms with E-state index in [1.165, 1.54) is 11.8 Å². The van der Waals surface area contributed by atoms with Crippen LogP contribution >= 0.6 is 23.4 Å². The second-order valence-corrected chi connectivity index (χ2v) is 8.34. The Morgan fingerprint density at radius 2 is 1.77 bits per heavy atom. The molecule has 0 spiro atoms. The third kappa shape index (κ3) is 4.78. The topological polar surface area (TPSA) is 72.7 Å². The van der Waals surface area contributed by atoms with Crippen LogP contribution in [0.2, 0.25) is 5.02 Å². The maximum Gasteiger partial charge on any atom is 0.234 e. The van der Waals surface area contributed by atoms with Crippen molar-refractivity contribution in [3.05, 3.63) is 83.1 Å². The lowest BCUT2D eigenvalue weighted by atomic mass is 10.1. The highest BCUT2D eigenvalue weighted by Crippen LogP contribution is 2.28. The van der Waals surface area contributed by atoms with Crippen molar-refractivity contribution in [2.24, 2.45) is 0 Å². The number of nitrogens with zero attached hydrogens (tertiary/aromatic N) is 4. The Morgan fingerprint density at radius 3 is 2.45 bits per heavy atom. The van der Waals surface area contributed by atoms with Gasteiger partial charge >= 0.3 is 0 Å². The quantitative estimate of drug-likeness (QED) is 0.403. The number of carbonyl (C=O) groups excluding carboxylic acids is 1. The minimum Gasteiger partial charge on any atom is -0.325 e. The molecule has 0 fully saturated rings. The predicted octanol–water partition coefficient (Wildman–Crippen LogP) is 5.33. The SMILES string of the molecule is Cc1cccc(C)c1NC(=O)CSc1nnc(-c2cccnc2)n1-c1ccc(Cl)cc1. The maximum absolute atomic E-state index is 12.6. The number of carbonyl (C=O) groups is 1. The molecule has 6 nitrogen and oxygen atoms in total. The normalized spacial score (nSPS) is 10.8. The molecule has 1 amide bonds. The molecule has 2 aromatic carbocycles. The first-order chi connectivity index (χ1) is 15.0. The van der Waals surface area contributed by atoms with Crippen LogP contribution < -0.4 is 5.32 Å². The molecule has 8 heteroatoms. The van der Waals surface area contributed by atoms with E-state index in [2.05, 4.69) is 20.5 Å². The lowest BCUT2D eigenvalue weighted by Gasteiger charge is -2.12. The first-order valence-electron chi connectivity index (χ1n) is 9.63. The van der Waals surface area contributed by atoms with Crippen LogP contribution in [0.25, 0.3) is 17.1 Å². The Labute approximate surface area is 189 Å². The number of hydrogen-bond acceptors (Lipinski definition) is 5. The summed E-state index contributed by atoms with van der Waals surface area (Å²) in [4.78, 5) is 16.8. The molecule has 0 aliphatic heterocycles. The molecule has 2 aromatic heterocycles. The highest BCUT2D eigenvalue weighted by molar-refractivity contribution is 7.99. The van der Waals surface area contributed by atoms with E-state index in [0.29, 0.717) is 16.0 Å². The van der Waals surface area contributed by atoms with Crippen molar-refractivity contribution in [2.45, 2.75) is 19.0 Å². The fraction of sp³-hybridized carbons (Fsp3) is 0.130. The van der Waals surface area contributed by atoms with Crippen molar-refractivity contribution < 1.29 is 4.79 Å². The molecule has 0 unspecified atom stereocenters. The van der Waals surface area contributed by atoms with Crippen LogP contribution in [0.4, 0.5) is 5.69 Å². The third-order valence-electron chi connectivity index (χ3n) is 4.72. The number of aryl methyl sites for hydroxylation is 2. The number of rotatable bonds is 6. The summed E-state index contributed by atoms with van der Waals surface area (Å²) >= 11 is 7.39. The second-order valence-electron chi connectivity index (χ2n) is 6.96. The molecule has 2 heterocycles. The number of pyridine rings is 1. The van der Waals surface area contributed by atoms with Gasteiger partial charge in [-0.1, -0.05) is 41.6 Å². The Bertz CT molecular complexity index is 1190. The number of nitrogens with one attached hydrogen (secondary N) is 1. The zero-order valence-corrected chi connectivity index (χ0v) is 18.6. The van der Waals surface area contributed by atoms with E-state index in [4.69, 9.17) is 11.6 Å². The van der Waals surface area contributed by atoms with Crippen molar-refractivity contribution in [1.82, 2.24) is 19.7 Å². The predicted molar refractivity (Wildman–Crippen MR) is 125 cm³/mol. The van der Waals surface area contributed by atoms with Gasteiger partial charge in [-0.3, -0.25) is 14.3 Å². The lowest BCUT2D eigenvalue weighted by Crippen LogP contribution is -2.16. The van der Waals surface area contributed by atoms with Gasteiger partial charge in [-0.25, -0.2) is 0 Å². The number of halogens is 1. The van der Waals surface area contributed by atoms with Gasteiger partial charge in [0.1, 0.15) is 0 Å². The van der Waals surface area contributed by atoms with E-state index in [0.717, 1.165) is 28.1 Å². The molecule has 1 N–H and O–H groups in total. The van der Waals surface area contributed by atoms with Crippen molar-refractivity contribution in [2.75, 3.05) is 11.1 Å². The fourth-order valence-electron chi connectivity index (χ4n) is 3.19. The van der Waals surface area contributed by atoms with E-state index in [9.17, 15) is 4.79 Å². The van der Waals surface area contributed by atoms with Gasteiger partial charge in [-0.15, -0.1) is 10.2 Å². The zero-order valence-electron chi connectivity index (χ0n) is 17.0. The molecular weight excluding hydrogens is 430 g/mol. The Balaban J connectivity index is 1.60. The molecule has 0 atom stereocenters. The summed E-state index contributed by atoms with van der Waals surface area (Å²) in [5.41, 5.74) is 4.59. The minimum absolute atomic E-state index is 0.101. The highest BCUT2D eigenvalue weighted by atomic mass is 35.5. The Morgan fingerprint density at radius 1 is 1.03 bits per heavy atom.